The molecule has 7 heteroatoms. The highest BCUT2D eigenvalue weighted by Gasteiger charge is 2.19. The highest BCUT2D eigenvalue weighted by Crippen LogP contribution is 2.18. The maximum atomic E-state index is 12.5. The Morgan fingerprint density at radius 2 is 1.88 bits per heavy atom. The monoisotopic (exact) mass is 349 g/mol. The first-order chi connectivity index (χ1) is 12.6. The van der Waals surface area contributed by atoms with Crippen LogP contribution in [0.2, 0.25) is 0 Å². The normalized spacial score (nSPS) is 14.0. The van der Waals surface area contributed by atoms with Gasteiger partial charge in [-0.25, -0.2) is 9.97 Å². The van der Waals surface area contributed by atoms with Crippen LogP contribution in [0.25, 0.3) is 11.2 Å². The van der Waals surface area contributed by atoms with Crippen molar-refractivity contribution in [2.45, 2.75) is 12.8 Å². The number of carbonyl (C=O) groups excluding carboxylic acids is 2. The Bertz CT molecular complexity index is 989. The van der Waals surface area contributed by atoms with Crippen LogP contribution in [0.15, 0.2) is 42.9 Å². The number of amides is 2. The van der Waals surface area contributed by atoms with Gasteiger partial charge in [0.1, 0.15) is 5.52 Å². The van der Waals surface area contributed by atoms with Crippen LogP contribution in [0.4, 0.5) is 5.69 Å². The molecule has 4 rings (SSSR count). The zero-order valence-corrected chi connectivity index (χ0v) is 14.5. The van der Waals surface area contributed by atoms with Gasteiger partial charge in [0.2, 0.25) is 0 Å². The molecular formula is C19H19N5O2. The standard InChI is InChI=1S/C19H19N5O2/c1-23-12-21-16-10-14(11-20-17(16)23)18(25)22-15-6-4-5-13(9-15)19(26)24-7-2-3-8-24/h4-6,9-12H,2-3,7-8H2,1H3,(H,22,25). The first kappa shape index (κ1) is 16.3. The van der Waals surface area contributed by atoms with E-state index in [4.69, 9.17) is 0 Å². The molecule has 0 bridgehead atoms. The van der Waals surface area contributed by atoms with Gasteiger partial charge in [-0.15, -0.1) is 0 Å². The van der Waals surface area contributed by atoms with Gasteiger partial charge in [0, 0.05) is 37.6 Å². The van der Waals surface area contributed by atoms with Gasteiger partial charge in [0.25, 0.3) is 11.8 Å². The Hall–Kier alpha value is -3.22. The Morgan fingerprint density at radius 3 is 2.69 bits per heavy atom. The molecule has 1 fully saturated rings. The second-order valence-electron chi connectivity index (χ2n) is 6.46. The largest absolute Gasteiger partial charge is 0.339 e. The van der Waals surface area contributed by atoms with E-state index in [9.17, 15) is 9.59 Å². The van der Waals surface area contributed by atoms with Crippen LogP contribution in [-0.4, -0.2) is 44.3 Å². The van der Waals surface area contributed by atoms with Crippen molar-refractivity contribution in [3.8, 4) is 0 Å². The third kappa shape index (κ3) is 3.03. The summed E-state index contributed by atoms with van der Waals surface area (Å²) in [5, 5.41) is 2.83. The molecule has 1 aliphatic heterocycles. The second-order valence-corrected chi connectivity index (χ2v) is 6.46. The van der Waals surface area contributed by atoms with Crippen LogP contribution in [0.5, 0.6) is 0 Å². The molecule has 1 aliphatic rings. The molecule has 132 valence electrons. The molecule has 3 heterocycles. The van der Waals surface area contributed by atoms with Gasteiger partial charge in [0.05, 0.1) is 11.9 Å². The average Bonchev–Trinajstić information content (AvgIpc) is 3.31. The summed E-state index contributed by atoms with van der Waals surface area (Å²) < 4.78 is 1.80. The summed E-state index contributed by atoms with van der Waals surface area (Å²) in [6.07, 6.45) is 5.28. The highest BCUT2D eigenvalue weighted by atomic mass is 16.2. The fourth-order valence-electron chi connectivity index (χ4n) is 3.18. The second kappa shape index (κ2) is 6.59. The molecular weight excluding hydrogens is 330 g/mol. The molecule has 0 unspecified atom stereocenters. The molecule has 7 nitrogen and oxygen atoms in total. The zero-order chi connectivity index (χ0) is 18.1. The van der Waals surface area contributed by atoms with Gasteiger partial charge < -0.3 is 14.8 Å². The Labute approximate surface area is 150 Å². The van der Waals surface area contributed by atoms with E-state index in [-0.39, 0.29) is 11.8 Å². The third-order valence-electron chi connectivity index (χ3n) is 4.57. The van der Waals surface area contributed by atoms with E-state index in [1.54, 1.807) is 41.2 Å². The predicted molar refractivity (Wildman–Crippen MR) is 98.0 cm³/mol. The Morgan fingerprint density at radius 1 is 1.08 bits per heavy atom. The molecule has 2 aromatic heterocycles. The molecule has 26 heavy (non-hydrogen) atoms. The van der Waals surface area contributed by atoms with Crippen molar-refractivity contribution in [2.24, 2.45) is 7.05 Å². The number of aromatic nitrogens is 3. The van der Waals surface area contributed by atoms with E-state index in [1.165, 1.54) is 6.20 Å². The van der Waals surface area contributed by atoms with Crippen molar-refractivity contribution in [1.82, 2.24) is 19.4 Å². The Kier molecular flexibility index (Phi) is 4.12. The van der Waals surface area contributed by atoms with Gasteiger partial charge in [0.15, 0.2) is 5.65 Å². The molecule has 3 aromatic rings. The topological polar surface area (TPSA) is 80.1 Å². The predicted octanol–water partition coefficient (Wildman–Crippen LogP) is 2.46. The van der Waals surface area contributed by atoms with Gasteiger partial charge in [-0.3, -0.25) is 9.59 Å². The van der Waals surface area contributed by atoms with Crippen molar-refractivity contribution in [3.05, 3.63) is 54.0 Å². The number of nitrogens with one attached hydrogen (secondary N) is 1. The first-order valence-electron chi connectivity index (χ1n) is 8.59. The molecule has 0 radical (unpaired) electrons. The van der Waals surface area contributed by atoms with Crippen molar-refractivity contribution in [2.75, 3.05) is 18.4 Å². The molecule has 0 saturated carbocycles. The van der Waals surface area contributed by atoms with E-state index in [1.807, 2.05) is 11.9 Å². The maximum Gasteiger partial charge on any atom is 0.257 e. The van der Waals surface area contributed by atoms with Crippen LogP contribution in [-0.2, 0) is 7.05 Å². The van der Waals surface area contributed by atoms with Crippen LogP contribution in [0.1, 0.15) is 33.6 Å². The minimum atomic E-state index is -0.282. The summed E-state index contributed by atoms with van der Waals surface area (Å²) in [7, 11) is 1.85. The number of rotatable bonds is 3. The Balaban J connectivity index is 1.53. The number of aryl methyl sites for hydroxylation is 1. The van der Waals surface area contributed by atoms with Crippen LogP contribution >= 0.6 is 0 Å². The SMILES string of the molecule is Cn1cnc2cc(C(=O)Nc3cccc(C(=O)N4CCCC4)c3)cnc21. The number of anilines is 1. The summed E-state index contributed by atoms with van der Waals surface area (Å²) in [6.45, 7) is 1.59. The fourth-order valence-corrected chi connectivity index (χ4v) is 3.18. The van der Waals surface area contributed by atoms with Gasteiger partial charge in [-0.05, 0) is 37.1 Å². The molecule has 1 saturated heterocycles. The zero-order valence-electron chi connectivity index (χ0n) is 14.5. The van der Waals surface area contributed by atoms with Crippen molar-refractivity contribution in [3.63, 3.8) is 0 Å². The smallest absolute Gasteiger partial charge is 0.257 e. The summed E-state index contributed by atoms with van der Waals surface area (Å²) in [5.74, 6) is -0.272. The number of fused-ring (bicyclic) bond motifs is 1. The first-order valence-corrected chi connectivity index (χ1v) is 8.59. The number of nitrogens with zero attached hydrogens (tertiary/aromatic N) is 4. The summed E-state index contributed by atoms with van der Waals surface area (Å²) >= 11 is 0. The number of benzene rings is 1. The number of carbonyl (C=O) groups is 2. The molecule has 0 aliphatic carbocycles. The maximum absolute atomic E-state index is 12.5. The minimum Gasteiger partial charge on any atom is -0.339 e. The number of hydrogen-bond acceptors (Lipinski definition) is 4. The summed E-state index contributed by atoms with van der Waals surface area (Å²) in [4.78, 5) is 35.4. The highest BCUT2D eigenvalue weighted by molar-refractivity contribution is 6.06. The summed E-state index contributed by atoms with van der Waals surface area (Å²) in [5.41, 5.74) is 2.98. The third-order valence-corrected chi connectivity index (χ3v) is 4.57. The number of pyridine rings is 1. The van der Waals surface area contributed by atoms with Crippen molar-refractivity contribution < 1.29 is 9.59 Å². The lowest BCUT2D eigenvalue weighted by Crippen LogP contribution is -2.27. The van der Waals surface area contributed by atoms with Crippen molar-refractivity contribution >= 4 is 28.7 Å². The van der Waals surface area contributed by atoms with E-state index in [0.717, 1.165) is 31.6 Å². The van der Waals surface area contributed by atoms with E-state index in [2.05, 4.69) is 15.3 Å². The van der Waals surface area contributed by atoms with Gasteiger partial charge >= 0.3 is 0 Å². The van der Waals surface area contributed by atoms with Gasteiger partial charge in [-0.1, -0.05) is 6.07 Å². The number of likely N-dealkylation sites (tertiary alicyclic amines) is 1. The minimum absolute atomic E-state index is 0.00942. The van der Waals surface area contributed by atoms with Crippen LogP contribution in [0.3, 0.4) is 0 Å². The molecule has 2 amide bonds. The average molecular weight is 349 g/mol. The lowest BCUT2D eigenvalue weighted by Gasteiger charge is -2.15. The summed E-state index contributed by atoms with van der Waals surface area (Å²) in [6, 6.07) is 8.74. The van der Waals surface area contributed by atoms with Crippen LogP contribution in [0, 0.1) is 0 Å². The lowest BCUT2D eigenvalue weighted by atomic mass is 10.1. The lowest BCUT2D eigenvalue weighted by molar-refractivity contribution is 0.0792. The van der Waals surface area contributed by atoms with E-state index < -0.39 is 0 Å². The van der Waals surface area contributed by atoms with E-state index in [0.29, 0.717) is 22.3 Å². The van der Waals surface area contributed by atoms with E-state index >= 15 is 0 Å². The van der Waals surface area contributed by atoms with Crippen LogP contribution < -0.4 is 5.32 Å². The molecule has 0 atom stereocenters. The molecule has 1 aromatic carbocycles. The fraction of sp³-hybridized carbons (Fsp3) is 0.263. The molecule has 0 spiro atoms. The molecule has 1 N–H and O–H groups in total. The van der Waals surface area contributed by atoms with Gasteiger partial charge in [-0.2, -0.15) is 0 Å². The number of hydrogen-bond donors (Lipinski definition) is 1. The quantitative estimate of drug-likeness (QED) is 0.788. The van der Waals surface area contributed by atoms with Crippen molar-refractivity contribution in [1.29, 1.82) is 0 Å². The number of imidazole rings is 1.